The number of hydrogen-bond donors (Lipinski definition) is 0. The molecule has 1 fully saturated rings. The molecule has 0 amide bonds. The largest absolute Gasteiger partial charge is 0.531 e. The van der Waals surface area contributed by atoms with E-state index >= 15 is 0 Å². The topological polar surface area (TPSA) is 72.8 Å². The van der Waals surface area contributed by atoms with E-state index in [9.17, 15) is 4.57 Å². The number of unbranched alkanes of at least 4 members (excludes halogenated alkanes) is 1. The fraction of sp³-hybridized carbons (Fsp3) is 0.324. The summed E-state index contributed by atoms with van der Waals surface area (Å²) in [5, 5.41) is 1.22. The summed E-state index contributed by atoms with van der Waals surface area (Å²) in [4.78, 5) is 9.49. The van der Waals surface area contributed by atoms with Crippen molar-refractivity contribution in [2.45, 2.75) is 38.9 Å². The standard InChI is InChI=1S/C37H40Cl2N3O5P/c38-33-14-9-15-35(37(33)39)42-23-21-41(22-24-42)20-7-8-25-44-32-18-16-31-17-19-36(40-34(31)26-32)47-48(43,45-27-29-10-3-1-4-11-29)46-28-30-12-5-2-6-13-30/h1-6,9-16,18,26H,7-8,17,19-25,27-28H2. The van der Waals surface area contributed by atoms with Gasteiger partial charge in [0.1, 0.15) is 5.75 Å². The van der Waals surface area contributed by atoms with Gasteiger partial charge < -0.3 is 14.2 Å². The monoisotopic (exact) mass is 707 g/mol. The molecule has 4 aromatic rings. The van der Waals surface area contributed by atoms with Gasteiger partial charge in [-0.05, 0) is 60.7 Å². The third kappa shape index (κ3) is 9.63. The molecule has 0 N–H and O–H groups in total. The van der Waals surface area contributed by atoms with E-state index in [1.54, 1.807) is 0 Å². The molecular weight excluding hydrogens is 668 g/mol. The molecule has 0 spiro atoms. The number of ether oxygens (including phenoxy) is 1. The van der Waals surface area contributed by atoms with Gasteiger partial charge in [0, 0.05) is 38.7 Å². The molecule has 2 aliphatic rings. The molecule has 0 aliphatic carbocycles. The van der Waals surface area contributed by atoms with E-state index in [1.165, 1.54) is 0 Å². The number of benzene rings is 4. The molecule has 2 heterocycles. The second kappa shape index (κ2) is 16.8. The van der Waals surface area contributed by atoms with Crippen LogP contribution < -0.4 is 9.64 Å². The third-order valence-corrected chi connectivity index (χ3v) is 10.5. The van der Waals surface area contributed by atoms with E-state index in [4.69, 9.17) is 46.5 Å². The first-order valence-electron chi connectivity index (χ1n) is 16.4. The van der Waals surface area contributed by atoms with Crippen LogP contribution in [-0.4, -0.2) is 50.1 Å². The van der Waals surface area contributed by atoms with Crippen LogP contribution >= 0.6 is 31.0 Å². The van der Waals surface area contributed by atoms with Gasteiger partial charge in [0.15, 0.2) is 5.90 Å². The van der Waals surface area contributed by atoms with Crippen molar-refractivity contribution in [2.75, 3.05) is 44.2 Å². The minimum atomic E-state index is -3.98. The zero-order valence-corrected chi connectivity index (χ0v) is 29.2. The van der Waals surface area contributed by atoms with E-state index in [-0.39, 0.29) is 13.2 Å². The van der Waals surface area contributed by atoms with Gasteiger partial charge in [-0.2, -0.15) is 0 Å². The Morgan fingerprint density at radius 3 is 2.12 bits per heavy atom. The highest BCUT2D eigenvalue weighted by molar-refractivity contribution is 7.49. The number of piperazine rings is 1. The quantitative estimate of drug-likeness (QED) is 0.0955. The number of fused-ring (bicyclic) bond motifs is 1. The van der Waals surface area contributed by atoms with Crippen LogP contribution in [0.4, 0.5) is 11.4 Å². The van der Waals surface area contributed by atoms with E-state index < -0.39 is 7.82 Å². The summed E-state index contributed by atoms with van der Waals surface area (Å²) in [5.74, 6) is 1.07. The van der Waals surface area contributed by atoms with Crippen LogP contribution in [-0.2, 0) is 37.8 Å². The Kier molecular flexibility index (Phi) is 12.1. The second-order valence-electron chi connectivity index (χ2n) is 11.8. The van der Waals surface area contributed by atoms with E-state index in [1.807, 2.05) is 97.1 Å². The SMILES string of the molecule is O=P(OCc1ccccc1)(OCc1ccccc1)OC1=Nc2cc(OCCCCN3CCN(c4cccc(Cl)c4Cl)CC3)ccc2CC1. The number of aryl methyl sites for hydroxylation is 1. The Bertz CT molecular complexity index is 1670. The molecule has 0 saturated carbocycles. The zero-order chi connectivity index (χ0) is 33.2. The first kappa shape index (κ1) is 34.5. The number of halogens is 2. The van der Waals surface area contributed by atoms with Gasteiger partial charge in [-0.1, -0.05) is 96.0 Å². The molecule has 2 aliphatic heterocycles. The van der Waals surface area contributed by atoms with Crippen LogP contribution in [0, 0.1) is 0 Å². The van der Waals surface area contributed by atoms with Gasteiger partial charge in [-0.15, -0.1) is 0 Å². The number of hydrogen-bond acceptors (Lipinski definition) is 8. The highest BCUT2D eigenvalue weighted by atomic mass is 35.5. The lowest BCUT2D eigenvalue weighted by molar-refractivity contribution is 0.139. The van der Waals surface area contributed by atoms with E-state index in [0.29, 0.717) is 35.4 Å². The lowest BCUT2D eigenvalue weighted by atomic mass is 10.0. The number of phosphoric ester groups is 1. The maximum absolute atomic E-state index is 13.8. The normalized spacial score (nSPS) is 15.1. The summed E-state index contributed by atoms with van der Waals surface area (Å²) in [6, 6.07) is 30.8. The summed E-state index contributed by atoms with van der Waals surface area (Å²) in [7, 11) is -3.98. The van der Waals surface area contributed by atoms with Crippen LogP contribution in [0.2, 0.25) is 10.0 Å². The molecule has 6 rings (SSSR count). The Morgan fingerprint density at radius 2 is 1.44 bits per heavy atom. The van der Waals surface area contributed by atoms with Crippen LogP contribution in [0.15, 0.2) is 102 Å². The van der Waals surface area contributed by atoms with E-state index in [2.05, 4.69) is 9.80 Å². The lowest BCUT2D eigenvalue weighted by Gasteiger charge is -2.36. The maximum atomic E-state index is 13.8. The van der Waals surface area contributed by atoms with Gasteiger partial charge in [0.2, 0.25) is 0 Å². The van der Waals surface area contributed by atoms with Gasteiger partial charge in [-0.3, -0.25) is 13.9 Å². The van der Waals surface area contributed by atoms with Crippen molar-refractivity contribution in [1.82, 2.24) is 4.90 Å². The van der Waals surface area contributed by atoms with E-state index in [0.717, 1.165) is 79.4 Å². The first-order chi connectivity index (χ1) is 23.4. The van der Waals surface area contributed by atoms with Crippen LogP contribution in [0.1, 0.15) is 36.0 Å². The Morgan fingerprint density at radius 1 is 0.750 bits per heavy atom. The molecule has 0 unspecified atom stereocenters. The molecule has 0 radical (unpaired) electrons. The van der Waals surface area contributed by atoms with Crippen LogP contribution in [0.25, 0.3) is 0 Å². The molecule has 0 aromatic heterocycles. The minimum absolute atomic E-state index is 0.0862. The van der Waals surface area contributed by atoms with Crippen molar-refractivity contribution in [1.29, 1.82) is 0 Å². The first-order valence-corrected chi connectivity index (χ1v) is 18.6. The molecule has 0 atom stereocenters. The van der Waals surface area contributed by atoms with Crippen LogP contribution in [0.5, 0.6) is 5.75 Å². The van der Waals surface area contributed by atoms with Crippen molar-refractivity contribution in [3.05, 3.63) is 124 Å². The van der Waals surface area contributed by atoms with Crippen molar-refractivity contribution < 1.29 is 22.9 Å². The summed E-state index contributed by atoms with van der Waals surface area (Å²) < 4.78 is 37.5. The summed E-state index contributed by atoms with van der Waals surface area (Å²) in [6.07, 6.45) is 3.17. The lowest BCUT2D eigenvalue weighted by Crippen LogP contribution is -2.46. The van der Waals surface area contributed by atoms with Gasteiger partial charge in [0.25, 0.3) is 0 Å². The van der Waals surface area contributed by atoms with Gasteiger partial charge in [-0.25, -0.2) is 9.56 Å². The summed E-state index contributed by atoms with van der Waals surface area (Å²) in [6.45, 7) is 5.62. The summed E-state index contributed by atoms with van der Waals surface area (Å²) >= 11 is 12.6. The third-order valence-electron chi connectivity index (χ3n) is 8.37. The Balaban J connectivity index is 0.989. The molecule has 48 heavy (non-hydrogen) atoms. The fourth-order valence-electron chi connectivity index (χ4n) is 5.70. The minimum Gasteiger partial charge on any atom is -0.494 e. The van der Waals surface area contributed by atoms with Crippen molar-refractivity contribution in [3.8, 4) is 5.75 Å². The number of phosphoric acid groups is 1. The Hall–Kier alpha value is -3.36. The van der Waals surface area contributed by atoms with Gasteiger partial charge in [0.05, 0.1) is 41.2 Å². The number of aliphatic imine (C=N–C) groups is 1. The number of anilines is 1. The average molecular weight is 709 g/mol. The molecule has 252 valence electrons. The zero-order valence-electron chi connectivity index (χ0n) is 26.8. The second-order valence-corrected chi connectivity index (χ2v) is 14.2. The van der Waals surface area contributed by atoms with Crippen molar-refractivity contribution in [3.63, 3.8) is 0 Å². The maximum Gasteiger partial charge on any atom is 0.531 e. The number of rotatable bonds is 14. The van der Waals surface area contributed by atoms with Crippen molar-refractivity contribution in [2.24, 2.45) is 4.99 Å². The van der Waals surface area contributed by atoms with Gasteiger partial charge >= 0.3 is 7.82 Å². The predicted octanol–water partition coefficient (Wildman–Crippen LogP) is 9.51. The Labute approximate surface area is 292 Å². The molecule has 8 nitrogen and oxygen atoms in total. The predicted molar refractivity (Wildman–Crippen MR) is 193 cm³/mol. The molecular formula is C37H40Cl2N3O5P. The molecule has 1 saturated heterocycles. The number of nitrogens with zero attached hydrogens (tertiary/aromatic N) is 3. The van der Waals surface area contributed by atoms with Crippen molar-refractivity contribution >= 4 is 48.3 Å². The highest BCUT2D eigenvalue weighted by Gasteiger charge is 2.32. The summed E-state index contributed by atoms with van der Waals surface area (Å²) in [5.41, 5.74) is 4.56. The molecule has 4 aromatic carbocycles. The smallest absolute Gasteiger partial charge is 0.494 e. The highest BCUT2D eigenvalue weighted by Crippen LogP contribution is 2.52. The van der Waals surface area contributed by atoms with Crippen LogP contribution in [0.3, 0.4) is 0 Å². The average Bonchev–Trinajstić information content (AvgIpc) is 3.12. The molecule has 0 bridgehead atoms. The molecule has 11 heteroatoms. The fourth-order valence-corrected chi connectivity index (χ4v) is 7.30.